The van der Waals surface area contributed by atoms with E-state index in [-0.39, 0.29) is 18.9 Å². The molecule has 0 aliphatic carbocycles. The van der Waals surface area contributed by atoms with E-state index in [9.17, 15) is 61.0 Å². The van der Waals surface area contributed by atoms with Crippen molar-refractivity contribution in [1.29, 1.82) is 0 Å². The molecule has 90 heavy (non-hydrogen) atoms. The van der Waals surface area contributed by atoms with Crippen molar-refractivity contribution in [2.24, 2.45) is 0 Å². The lowest BCUT2D eigenvalue weighted by atomic mass is 9.96. The van der Waals surface area contributed by atoms with E-state index in [4.69, 9.17) is 28.4 Å². The third-order valence-corrected chi connectivity index (χ3v) is 17.6. The van der Waals surface area contributed by atoms with Crippen LogP contribution in [-0.2, 0) is 33.2 Å². The summed E-state index contributed by atoms with van der Waals surface area (Å²) in [6.07, 6.45) is 37.6. The van der Waals surface area contributed by atoms with Gasteiger partial charge in [0, 0.05) is 6.42 Å². The van der Waals surface area contributed by atoms with Crippen LogP contribution < -0.4 is 5.32 Å². The molecule has 3 aliphatic rings. The highest BCUT2D eigenvalue weighted by atomic mass is 16.8. The Morgan fingerprint density at radius 3 is 1.20 bits per heavy atom. The van der Waals surface area contributed by atoms with Gasteiger partial charge in [-0.25, -0.2) is 0 Å². The zero-order valence-corrected chi connectivity index (χ0v) is 55.4. The highest BCUT2D eigenvalue weighted by Gasteiger charge is 2.53. The second kappa shape index (κ2) is 52.7. The largest absolute Gasteiger partial charge is 0.394 e. The molecule has 0 aromatic carbocycles. The molecule has 12 N–H and O–H groups in total. The van der Waals surface area contributed by atoms with E-state index >= 15 is 0 Å². The second-order valence-corrected chi connectivity index (χ2v) is 25.3. The van der Waals surface area contributed by atoms with Crippen LogP contribution in [-0.4, -0.2) is 193 Å². The molecule has 0 spiro atoms. The molecule has 3 saturated heterocycles. The van der Waals surface area contributed by atoms with Gasteiger partial charge in [0.15, 0.2) is 18.9 Å². The van der Waals surface area contributed by atoms with Gasteiger partial charge in [0.2, 0.25) is 5.91 Å². The summed E-state index contributed by atoms with van der Waals surface area (Å²) in [4.78, 5) is 13.4. The average Bonchev–Trinajstić information content (AvgIpc) is 0.853. The highest BCUT2D eigenvalue weighted by molar-refractivity contribution is 5.76. The lowest BCUT2D eigenvalue weighted by Gasteiger charge is -2.48. The summed E-state index contributed by atoms with van der Waals surface area (Å²) < 4.78 is 34.4. The van der Waals surface area contributed by atoms with Crippen molar-refractivity contribution in [2.45, 2.75) is 356 Å². The molecule has 17 atom stereocenters. The number of aliphatic hydroxyl groups is 11. The minimum absolute atomic E-state index is 0.232. The van der Waals surface area contributed by atoms with Crippen molar-refractivity contribution in [1.82, 2.24) is 5.32 Å². The van der Waals surface area contributed by atoms with Crippen LogP contribution in [0, 0.1) is 0 Å². The first-order valence-corrected chi connectivity index (χ1v) is 35.5. The summed E-state index contributed by atoms with van der Waals surface area (Å²) in [5.41, 5.74) is 0. The van der Waals surface area contributed by atoms with Crippen LogP contribution in [0.15, 0.2) is 60.8 Å². The Hall–Kier alpha value is -2.51. The number of aliphatic hydroxyl groups excluding tert-OH is 11. The molecule has 3 heterocycles. The van der Waals surface area contributed by atoms with Crippen LogP contribution in [0.3, 0.4) is 0 Å². The van der Waals surface area contributed by atoms with Crippen LogP contribution in [0.4, 0.5) is 0 Å². The minimum Gasteiger partial charge on any atom is -0.394 e. The van der Waals surface area contributed by atoms with Gasteiger partial charge in [-0.15, -0.1) is 0 Å². The molecule has 0 saturated carbocycles. The van der Waals surface area contributed by atoms with E-state index in [1.807, 2.05) is 6.08 Å². The number of nitrogens with one attached hydrogen (secondary N) is 1. The fourth-order valence-electron chi connectivity index (χ4n) is 11.8. The monoisotopic (exact) mass is 1280 g/mol. The van der Waals surface area contributed by atoms with E-state index in [2.05, 4.69) is 67.8 Å². The second-order valence-electron chi connectivity index (χ2n) is 25.3. The zero-order chi connectivity index (χ0) is 65.4. The molecule has 0 bridgehead atoms. The Morgan fingerprint density at radius 2 is 0.767 bits per heavy atom. The van der Waals surface area contributed by atoms with Crippen molar-refractivity contribution in [3.63, 3.8) is 0 Å². The number of carbonyl (C=O) groups excluding carboxylic acids is 1. The van der Waals surface area contributed by atoms with Gasteiger partial charge in [-0.3, -0.25) is 4.79 Å². The topological polar surface area (TPSA) is 307 Å². The molecule has 0 radical (unpaired) electrons. The third kappa shape index (κ3) is 34.2. The molecule has 17 unspecified atom stereocenters. The molecule has 1 amide bonds. The number of hydrogen-bond acceptors (Lipinski definition) is 18. The van der Waals surface area contributed by atoms with Crippen molar-refractivity contribution in [3.05, 3.63) is 60.8 Å². The number of allylic oxidation sites excluding steroid dienone is 9. The maximum Gasteiger partial charge on any atom is 0.220 e. The van der Waals surface area contributed by atoms with Gasteiger partial charge in [-0.2, -0.15) is 0 Å². The molecule has 0 aromatic rings. The molecule has 3 rings (SSSR count). The Morgan fingerprint density at radius 1 is 0.411 bits per heavy atom. The van der Waals surface area contributed by atoms with Gasteiger partial charge >= 0.3 is 0 Å². The predicted octanol–water partition coefficient (Wildman–Crippen LogP) is 9.55. The van der Waals surface area contributed by atoms with Crippen LogP contribution in [0.5, 0.6) is 0 Å². The SMILES string of the molecule is CC/C=C\C/C=C\C/C=C\C/C=C\CCCCCCCCCCC(=O)NC(COC1OC(CO)C(OC2OC(CO)C(OC3OC(CO)C(O)C(O)C3O)C(O)C2O)C(O)C1O)C(O)/C=C/CCCCCCCCCCCCCCCCCCCCCCCC. The first-order valence-electron chi connectivity index (χ1n) is 35.5. The maximum atomic E-state index is 13.4. The Balaban J connectivity index is 1.44. The van der Waals surface area contributed by atoms with Crippen LogP contribution in [0.1, 0.15) is 251 Å². The first kappa shape index (κ1) is 81.7. The Bertz CT molecular complexity index is 1870. The molecule has 3 aliphatic heterocycles. The number of rotatable bonds is 54. The summed E-state index contributed by atoms with van der Waals surface area (Å²) in [6, 6.07) is -0.981. The highest BCUT2D eigenvalue weighted by Crippen LogP contribution is 2.33. The van der Waals surface area contributed by atoms with Crippen LogP contribution in [0.2, 0.25) is 0 Å². The van der Waals surface area contributed by atoms with Gasteiger partial charge in [0.05, 0.1) is 38.6 Å². The minimum atomic E-state index is -1.98. The molecule has 0 aromatic heterocycles. The number of carbonyl (C=O) groups is 1. The van der Waals surface area contributed by atoms with Crippen LogP contribution in [0.25, 0.3) is 0 Å². The Labute approximate surface area is 541 Å². The first-order chi connectivity index (χ1) is 43.8. The summed E-state index contributed by atoms with van der Waals surface area (Å²) in [6.45, 7) is 1.63. The molecule has 19 nitrogen and oxygen atoms in total. The third-order valence-electron chi connectivity index (χ3n) is 17.6. The predicted molar refractivity (Wildman–Crippen MR) is 351 cm³/mol. The van der Waals surface area contributed by atoms with Gasteiger partial charge in [0.1, 0.15) is 73.2 Å². The smallest absolute Gasteiger partial charge is 0.220 e. The van der Waals surface area contributed by atoms with Crippen molar-refractivity contribution in [2.75, 3.05) is 26.4 Å². The van der Waals surface area contributed by atoms with Gasteiger partial charge in [-0.05, 0) is 57.8 Å². The standard InChI is InChI=1S/C71H127NO18/c1-3-5-7-9-11-13-15-17-19-21-23-25-26-27-29-30-32-34-36-38-40-42-44-46-48-55(76)54(72-59(77)49-47-45-43-41-39-37-35-33-31-28-24-22-20-18-16-14-12-10-8-6-4-2)53-85-69-65(83)62(80)67(57(51-74)87-69)90-71-66(84)63(81)68(58(52-75)88-71)89-70-64(82)61(79)60(78)56(50-73)86-70/h6,8,12,14,18,20,24,28,46,48,54-58,60-71,73-76,78-84H,3-5,7,9-11,13,15-17,19,21-23,25-27,29-45,47,49-53H2,1-2H3,(H,72,77)/b8-6-,14-12-,20-18-,28-24-,48-46+. The van der Waals surface area contributed by atoms with E-state index in [0.717, 1.165) is 83.5 Å². The fourth-order valence-corrected chi connectivity index (χ4v) is 11.8. The Kier molecular flexibility index (Phi) is 47.9. The van der Waals surface area contributed by atoms with Crippen molar-refractivity contribution < 1.29 is 89.4 Å². The molecular formula is C71H127NO18. The summed E-state index contributed by atoms with van der Waals surface area (Å²) in [7, 11) is 0. The van der Waals surface area contributed by atoms with Crippen LogP contribution >= 0.6 is 0 Å². The molecule has 524 valence electrons. The molecular weight excluding hydrogens is 1150 g/mol. The quantitative estimate of drug-likeness (QED) is 0.0199. The number of ether oxygens (including phenoxy) is 6. The molecule has 19 heteroatoms. The van der Waals surface area contributed by atoms with Gasteiger partial charge in [0.25, 0.3) is 0 Å². The summed E-state index contributed by atoms with van der Waals surface area (Å²) >= 11 is 0. The van der Waals surface area contributed by atoms with E-state index in [0.29, 0.717) is 6.42 Å². The van der Waals surface area contributed by atoms with E-state index in [1.165, 1.54) is 141 Å². The van der Waals surface area contributed by atoms with Crippen molar-refractivity contribution >= 4 is 5.91 Å². The number of unbranched alkanes of at least 4 members (excludes halogenated alkanes) is 30. The van der Waals surface area contributed by atoms with E-state index in [1.54, 1.807) is 6.08 Å². The normalized spacial score (nSPS) is 28.4. The number of amides is 1. The summed E-state index contributed by atoms with van der Waals surface area (Å²) in [5.74, 6) is -0.284. The van der Waals surface area contributed by atoms with Gasteiger partial charge < -0.3 is 89.9 Å². The lowest BCUT2D eigenvalue weighted by Crippen LogP contribution is -2.66. The van der Waals surface area contributed by atoms with Crippen molar-refractivity contribution in [3.8, 4) is 0 Å². The summed E-state index contributed by atoms with van der Waals surface area (Å²) in [5, 5.41) is 121. The van der Waals surface area contributed by atoms with E-state index < -0.39 is 124 Å². The lowest BCUT2D eigenvalue weighted by molar-refractivity contribution is -0.379. The maximum absolute atomic E-state index is 13.4. The number of hydrogen-bond donors (Lipinski definition) is 12. The molecule has 3 fully saturated rings. The fraction of sp³-hybridized carbons (Fsp3) is 0.845. The zero-order valence-electron chi connectivity index (χ0n) is 55.4. The average molecular weight is 1280 g/mol. The van der Waals surface area contributed by atoms with Gasteiger partial charge in [-0.1, -0.05) is 248 Å².